The van der Waals surface area contributed by atoms with E-state index in [4.69, 9.17) is 4.74 Å². The number of amides is 1. The van der Waals surface area contributed by atoms with Crippen LogP contribution in [0.5, 0.6) is 0 Å². The molecule has 1 amide bonds. The van der Waals surface area contributed by atoms with Gasteiger partial charge in [-0.1, -0.05) is 36.4 Å². The van der Waals surface area contributed by atoms with Gasteiger partial charge in [-0.15, -0.1) is 6.58 Å². The molecule has 0 radical (unpaired) electrons. The van der Waals surface area contributed by atoms with Crippen LogP contribution in [-0.4, -0.2) is 18.4 Å². The van der Waals surface area contributed by atoms with Crippen molar-refractivity contribution in [2.24, 2.45) is 0 Å². The van der Waals surface area contributed by atoms with Gasteiger partial charge in [0.25, 0.3) is 0 Å². The van der Waals surface area contributed by atoms with E-state index in [1.54, 1.807) is 6.08 Å². The first-order chi connectivity index (χ1) is 8.72. The SMILES string of the molecule is C=CCCC(=O)CNC(=O)OCc1ccccc1. The van der Waals surface area contributed by atoms with Gasteiger partial charge in [0.05, 0.1) is 6.54 Å². The third kappa shape index (κ3) is 5.84. The van der Waals surface area contributed by atoms with Crippen molar-refractivity contribution in [3.8, 4) is 0 Å². The van der Waals surface area contributed by atoms with E-state index in [-0.39, 0.29) is 18.9 Å². The summed E-state index contributed by atoms with van der Waals surface area (Å²) in [7, 11) is 0. The first-order valence-corrected chi connectivity index (χ1v) is 5.79. The molecule has 0 aliphatic carbocycles. The van der Waals surface area contributed by atoms with Crippen molar-refractivity contribution >= 4 is 11.9 Å². The minimum absolute atomic E-state index is 0.00145. The van der Waals surface area contributed by atoms with Crippen LogP contribution in [0.25, 0.3) is 0 Å². The topological polar surface area (TPSA) is 55.4 Å². The maximum atomic E-state index is 11.3. The molecule has 0 aliphatic rings. The number of ether oxygens (including phenoxy) is 1. The number of rotatable bonds is 7. The van der Waals surface area contributed by atoms with E-state index in [2.05, 4.69) is 11.9 Å². The molecule has 18 heavy (non-hydrogen) atoms. The molecule has 0 saturated carbocycles. The fourth-order valence-corrected chi connectivity index (χ4v) is 1.30. The number of nitrogens with one attached hydrogen (secondary N) is 1. The molecule has 0 spiro atoms. The molecule has 0 saturated heterocycles. The predicted octanol–water partition coefficient (Wildman–Crippen LogP) is 2.45. The van der Waals surface area contributed by atoms with E-state index >= 15 is 0 Å². The van der Waals surface area contributed by atoms with Gasteiger partial charge in [-0.3, -0.25) is 4.79 Å². The number of benzene rings is 1. The van der Waals surface area contributed by atoms with E-state index in [9.17, 15) is 9.59 Å². The Morgan fingerprint density at radius 2 is 2.00 bits per heavy atom. The monoisotopic (exact) mass is 247 g/mol. The third-order valence-corrected chi connectivity index (χ3v) is 2.27. The molecule has 0 fully saturated rings. The average Bonchev–Trinajstić information content (AvgIpc) is 2.41. The first-order valence-electron chi connectivity index (χ1n) is 5.79. The third-order valence-electron chi connectivity index (χ3n) is 2.27. The Labute approximate surface area is 107 Å². The molecule has 1 aromatic rings. The smallest absolute Gasteiger partial charge is 0.407 e. The van der Waals surface area contributed by atoms with Gasteiger partial charge in [0.15, 0.2) is 5.78 Å². The van der Waals surface area contributed by atoms with Crippen molar-refractivity contribution < 1.29 is 14.3 Å². The summed E-state index contributed by atoms with van der Waals surface area (Å²) in [4.78, 5) is 22.6. The van der Waals surface area contributed by atoms with Crippen LogP contribution in [0, 0.1) is 0 Å². The lowest BCUT2D eigenvalue weighted by Gasteiger charge is -2.06. The number of carbonyl (C=O) groups is 2. The minimum atomic E-state index is -0.578. The molecule has 0 bridgehead atoms. The molecule has 0 aliphatic heterocycles. The van der Waals surface area contributed by atoms with Crippen LogP contribution in [0.4, 0.5) is 4.79 Å². The zero-order valence-electron chi connectivity index (χ0n) is 10.2. The van der Waals surface area contributed by atoms with Crippen molar-refractivity contribution in [1.29, 1.82) is 0 Å². The second-order valence-electron chi connectivity index (χ2n) is 3.78. The van der Waals surface area contributed by atoms with Crippen molar-refractivity contribution in [2.45, 2.75) is 19.4 Å². The summed E-state index contributed by atoms with van der Waals surface area (Å²) in [5.41, 5.74) is 0.908. The van der Waals surface area contributed by atoms with Crippen LogP contribution in [0.1, 0.15) is 18.4 Å². The highest BCUT2D eigenvalue weighted by molar-refractivity contribution is 5.83. The van der Waals surface area contributed by atoms with Gasteiger partial charge in [0.1, 0.15) is 6.61 Å². The normalized spacial score (nSPS) is 9.56. The summed E-state index contributed by atoms with van der Waals surface area (Å²) in [6.45, 7) is 3.73. The van der Waals surface area contributed by atoms with Crippen LogP contribution < -0.4 is 5.32 Å². The molecular formula is C14H17NO3. The lowest BCUT2D eigenvalue weighted by Crippen LogP contribution is -2.29. The summed E-state index contributed by atoms with van der Waals surface area (Å²) < 4.78 is 4.96. The van der Waals surface area contributed by atoms with Crippen LogP contribution in [0.3, 0.4) is 0 Å². The average molecular weight is 247 g/mol. The zero-order chi connectivity index (χ0) is 13.2. The summed E-state index contributed by atoms with van der Waals surface area (Å²) in [6.07, 6.45) is 2.11. The molecular weight excluding hydrogens is 230 g/mol. The van der Waals surface area contributed by atoms with E-state index in [1.165, 1.54) is 0 Å². The Morgan fingerprint density at radius 1 is 1.28 bits per heavy atom. The number of ketones is 1. The molecule has 4 heteroatoms. The van der Waals surface area contributed by atoms with Crippen molar-refractivity contribution in [3.63, 3.8) is 0 Å². The maximum Gasteiger partial charge on any atom is 0.407 e. The highest BCUT2D eigenvalue weighted by Gasteiger charge is 2.05. The molecule has 0 heterocycles. The number of Topliss-reactive ketones (excluding diaryl/α,β-unsaturated/α-hetero) is 1. The summed E-state index contributed by atoms with van der Waals surface area (Å²) >= 11 is 0. The van der Waals surface area contributed by atoms with E-state index < -0.39 is 6.09 Å². The molecule has 96 valence electrons. The molecule has 4 nitrogen and oxygen atoms in total. The Kier molecular flexibility index (Phi) is 6.25. The summed E-state index contributed by atoms with van der Waals surface area (Å²) in [6, 6.07) is 9.36. The summed E-state index contributed by atoms with van der Waals surface area (Å²) in [5, 5.41) is 2.42. The van der Waals surface area contributed by atoms with Gasteiger partial charge in [-0.25, -0.2) is 4.79 Å². The maximum absolute atomic E-state index is 11.3. The van der Waals surface area contributed by atoms with Crippen LogP contribution in [0.2, 0.25) is 0 Å². The lowest BCUT2D eigenvalue weighted by molar-refractivity contribution is -0.118. The van der Waals surface area contributed by atoms with Crippen molar-refractivity contribution in [3.05, 3.63) is 48.6 Å². The van der Waals surface area contributed by atoms with E-state index in [0.717, 1.165) is 5.56 Å². The highest BCUT2D eigenvalue weighted by atomic mass is 16.5. The zero-order valence-corrected chi connectivity index (χ0v) is 10.2. The molecule has 1 aromatic carbocycles. The Balaban J connectivity index is 2.18. The fraction of sp³-hybridized carbons (Fsp3) is 0.286. The summed E-state index contributed by atoms with van der Waals surface area (Å²) in [5.74, 6) is -0.0356. The number of allylic oxidation sites excluding steroid dienone is 1. The van der Waals surface area contributed by atoms with E-state index in [1.807, 2.05) is 30.3 Å². The van der Waals surface area contributed by atoms with Gasteiger partial charge in [0, 0.05) is 6.42 Å². The quantitative estimate of drug-likeness (QED) is 0.753. The highest BCUT2D eigenvalue weighted by Crippen LogP contribution is 2.00. The Morgan fingerprint density at radius 3 is 2.67 bits per heavy atom. The first kappa shape index (κ1) is 14.0. The number of hydrogen-bond acceptors (Lipinski definition) is 3. The van der Waals surface area contributed by atoms with Gasteiger partial charge in [0.2, 0.25) is 0 Å². The molecule has 0 atom stereocenters. The van der Waals surface area contributed by atoms with Gasteiger partial charge in [-0.05, 0) is 12.0 Å². The lowest BCUT2D eigenvalue weighted by atomic mass is 10.2. The van der Waals surface area contributed by atoms with Crippen molar-refractivity contribution in [2.75, 3.05) is 6.54 Å². The van der Waals surface area contributed by atoms with Gasteiger partial charge < -0.3 is 10.1 Å². The second kappa shape index (κ2) is 8.06. The Bertz CT molecular complexity index is 401. The fourth-order valence-electron chi connectivity index (χ4n) is 1.30. The number of hydrogen-bond donors (Lipinski definition) is 1. The van der Waals surface area contributed by atoms with Gasteiger partial charge >= 0.3 is 6.09 Å². The van der Waals surface area contributed by atoms with Gasteiger partial charge in [-0.2, -0.15) is 0 Å². The van der Waals surface area contributed by atoms with E-state index in [0.29, 0.717) is 12.8 Å². The molecule has 1 N–H and O–H groups in total. The van der Waals surface area contributed by atoms with Crippen LogP contribution in [0.15, 0.2) is 43.0 Å². The molecule has 1 rings (SSSR count). The molecule has 0 unspecified atom stereocenters. The molecule has 0 aromatic heterocycles. The van der Waals surface area contributed by atoms with Crippen LogP contribution in [-0.2, 0) is 16.1 Å². The number of alkyl carbamates (subject to hydrolysis) is 1. The number of carbonyl (C=O) groups excluding carboxylic acids is 2. The second-order valence-corrected chi connectivity index (χ2v) is 3.78. The standard InChI is InChI=1S/C14H17NO3/c1-2-3-9-13(16)10-15-14(17)18-11-12-7-5-4-6-8-12/h2,4-8H,1,3,9-11H2,(H,15,17). The van der Waals surface area contributed by atoms with Crippen LogP contribution >= 0.6 is 0 Å². The van der Waals surface area contributed by atoms with Crippen molar-refractivity contribution in [1.82, 2.24) is 5.32 Å². The minimum Gasteiger partial charge on any atom is -0.445 e. The predicted molar refractivity (Wildman–Crippen MR) is 69.1 cm³/mol. The largest absolute Gasteiger partial charge is 0.445 e. The Hall–Kier alpha value is -2.10.